The van der Waals surface area contributed by atoms with Crippen molar-refractivity contribution in [1.29, 1.82) is 0 Å². The van der Waals surface area contributed by atoms with Crippen molar-refractivity contribution in [3.8, 4) is 67.5 Å². The number of aromatic amines is 1. The molecule has 0 amide bonds. The van der Waals surface area contributed by atoms with Crippen molar-refractivity contribution in [2.75, 3.05) is 0 Å². The maximum atomic E-state index is 5.38. The summed E-state index contributed by atoms with van der Waals surface area (Å²) in [6.07, 6.45) is 0. The van der Waals surface area contributed by atoms with E-state index in [2.05, 4.69) is 186 Å². The number of nitrogens with zero attached hydrogens (tertiary/aromatic N) is 3. The van der Waals surface area contributed by atoms with Gasteiger partial charge in [-0.2, -0.15) is 36.4 Å². The van der Waals surface area contributed by atoms with Gasteiger partial charge in [0.05, 0.1) is 5.52 Å². The number of para-hydroxylation sites is 2. The molecule has 2 heterocycles. The predicted octanol–water partition coefficient (Wildman–Crippen LogP) is 13.7. The van der Waals surface area contributed by atoms with Crippen LogP contribution in [0, 0.1) is 55.1 Å². The van der Waals surface area contributed by atoms with E-state index in [1.54, 1.807) is 0 Å². The van der Waals surface area contributed by atoms with Gasteiger partial charge < -0.3 is 4.98 Å². The van der Waals surface area contributed by atoms with Gasteiger partial charge in [-0.3, -0.25) is 0 Å². The third-order valence-electron chi connectivity index (χ3n) is 13.5. The first-order valence-corrected chi connectivity index (χ1v) is 20.8. The molecule has 60 heavy (non-hydrogen) atoms. The summed E-state index contributed by atoms with van der Waals surface area (Å²) in [7, 11) is 0. The van der Waals surface area contributed by atoms with Crippen LogP contribution in [0.1, 0.15) is 63.8 Å². The van der Waals surface area contributed by atoms with Gasteiger partial charge in [0, 0.05) is 43.8 Å². The monoisotopic (exact) mass is 998 g/mol. The Morgan fingerprint density at radius 3 is 1.90 bits per heavy atom. The molecule has 7 aromatic carbocycles. The number of hydrogen-bond acceptors (Lipinski definition) is 3. The predicted molar refractivity (Wildman–Crippen MR) is 242 cm³/mol. The number of rotatable bonds is 6. The molecule has 0 aliphatic heterocycles. The molecule has 288 valence electrons. The van der Waals surface area contributed by atoms with Crippen LogP contribution in [-0.2, 0) is 10.8 Å². The number of nitrogens with one attached hydrogen (secondary N) is 1. The Morgan fingerprint density at radius 1 is 0.517 bits per heavy atom. The first-order chi connectivity index (χ1) is 28.7. The Kier molecular flexibility index (Phi) is 9.17. The molecule has 2 aromatic heterocycles. The van der Waals surface area contributed by atoms with Crippen LogP contribution >= 0.6 is 0 Å². The molecular weight excluding hydrogens is 955 g/mol. The van der Waals surface area contributed by atoms with Crippen molar-refractivity contribution in [2.45, 2.75) is 52.4 Å². The molecule has 0 radical (unpaired) electrons. The zero-order valence-corrected chi connectivity index (χ0v) is 38.9. The summed E-state index contributed by atoms with van der Waals surface area (Å²) in [5, 5.41) is 2.33. The normalized spacial score (nSPS) is 14.3. The van der Waals surface area contributed by atoms with Crippen molar-refractivity contribution in [3.05, 3.63) is 174 Å². The van der Waals surface area contributed by atoms with E-state index >= 15 is 0 Å². The van der Waals surface area contributed by atoms with Gasteiger partial charge in [-0.15, -0.1) is 23.3 Å². The van der Waals surface area contributed by atoms with Crippen molar-refractivity contribution in [1.82, 2.24) is 19.9 Å². The second-order valence-corrected chi connectivity index (χ2v) is 17.5. The molecule has 4 nitrogen and oxygen atoms in total. The molecule has 0 fully saturated rings. The van der Waals surface area contributed by atoms with Gasteiger partial charge in [-0.25, -0.2) is 26.1 Å². The van der Waals surface area contributed by atoms with Crippen molar-refractivity contribution >= 4 is 21.8 Å². The zero-order chi connectivity index (χ0) is 40.2. The molecule has 0 spiro atoms. The third-order valence-corrected chi connectivity index (χ3v) is 13.5. The second-order valence-electron chi connectivity index (χ2n) is 17.5. The fourth-order valence-corrected chi connectivity index (χ4v) is 10.8. The molecule has 0 saturated heterocycles. The fourth-order valence-electron chi connectivity index (χ4n) is 10.8. The van der Waals surface area contributed by atoms with Gasteiger partial charge in [-0.05, 0) is 63.9 Å². The van der Waals surface area contributed by atoms with E-state index in [1.807, 2.05) is 12.1 Å². The van der Waals surface area contributed by atoms with Crippen molar-refractivity contribution in [2.24, 2.45) is 11.8 Å². The number of aromatic nitrogens is 4. The van der Waals surface area contributed by atoms with Gasteiger partial charge in [0.25, 0.3) is 0 Å². The average Bonchev–Trinajstić information content (AvgIpc) is 3.87. The van der Waals surface area contributed by atoms with Crippen molar-refractivity contribution < 1.29 is 31.1 Å². The summed E-state index contributed by atoms with van der Waals surface area (Å²) in [5.41, 5.74) is 17.1. The Labute approximate surface area is 376 Å². The van der Waals surface area contributed by atoms with E-state index in [-0.39, 0.29) is 41.9 Å². The van der Waals surface area contributed by atoms with E-state index in [0.717, 1.165) is 44.2 Å². The number of H-pyrrole nitrogens is 1. The molecule has 0 saturated carbocycles. The van der Waals surface area contributed by atoms with E-state index in [4.69, 9.17) is 15.0 Å². The third kappa shape index (κ3) is 5.52. The standard InChI is InChI=1S/C55H44N4.U/c1-32(2)55(33(3)4)45-24-15-20-37(34-16-8-7-9-17-34)49(45)42-29-27-36(31-47(42)55)52-57-51(35-26-28-39-38-18-10-12-23-44(38)54(5,6)46(39)30-35)58-53(59-52)43-22-14-21-41-40-19-11-13-25-48(40)56-50(41)43;/h7-16,18-19,21-33,56H,1-6H3;/q-2;+2. The SMILES string of the molecule is CC(C)C1(C(C)C)c2cc(-c3nc(-c4ccc5c(c4)C(C)(C)c4ccccc4-5)nc(-c4cccc5c4[nH]c4ccccc45)n3)ccc2-c2c(-c3[c-]cccc3)[c-]ccc21.[U+2]. The molecule has 0 unspecified atom stereocenters. The molecule has 1 N–H and O–H groups in total. The van der Waals surface area contributed by atoms with Crippen LogP contribution in [0.15, 0.2) is 140 Å². The molecule has 2 aliphatic rings. The van der Waals surface area contributed by atoms with Gasteiger partial charge >= 0.3 is 31.1 Å². The fraction of sp³-hybridized carbons (Fsp3) is 0.182. The summed E-state index contributed by atoms with van der Waals surface area (Å²) in [6.45, 7) is 14.1. The van der Waals surface area contributed by atoms with Crippen LogP contribution in [-0.4, -0.2) is 19.9 Å². The Morgan fingerprint density at radius 2 is 1.15 bits per heavy atom. The summed E-state index contributed by atoms with van der Waals surface area (Å²) in [5.74, 6) is 2.59. The Bertz CT molecular complexity index is 3150. The average molecular weight is 999 g/mol. The summed E-state index contributed by atoms with van der Waals surface area (Å²) in [4.78, 5) is 19.8. The number of benzene rings is 7. The molecule has 9 aromatic rings. The number of hydrogen-bond donors (Lipinski definition) is 1. The molecular formula is C55H44N4U. The minimum Gasteiger partial charge on any atom is -0.354 e. The van der Waals surface area contributed by atoms with Gasteiger partial charge in [0.2, 0.25) is 0 Å². The van der Waals surface area contributed by atoms with E-state index in [1.165, 1.54) is 49.9 Å². The minimum absolute atomic E-state index is 0. The Hall–Kier alpha value is -5.60. The zero-order valence-electron chi connectivity index (χ0n) is 34.8. The van der Waals surface area contributed by atoms with Crippen LogP contribution in [0.5, 0.6) is 0 Å². The molecule has 11 rings (SSSR count). The Balaban J connectivity index is 0.00000433. The van der Waals surface area contributed by atoms with Gasteiger partial charge in [-0.1, -0.05) is 126 Å². The van der Waals surface area contributed by atoms with Gasteiger partial charge in [0.15, 0.2) is 17.5 Å². The van der Waals surface area contributed by atoms with Crippen LogP contribution in [0.3, 0.4) is 0 Å². The van der Waals surface area contributed by atoms with E-state index < -0.39 is 0 Å². The summed E-state index contributed by atoms with van der Waals surface area (Å²) < 4.78 is 0. The minimum atomic E-state index is -0.242. The molecule has 0 atom stereocenters. The molecule has 0 bridgehead atoms. The van der Waals surface area contributed by atoms with Crippen molar-refractivity contribution in [3.63, 3.8) is 0 Å². The molecule has 5 heteroatoms. The van der Waals surface area contributed by atoms with Crippen LogP contribution in [0.2, 0.25) is 0 Å². The maximum absolute atomic E-state index is 5.38. The first-order valence-electron chi connectivity index (χ1n) is 20.8. The largest absolute Gasteiger partial charge is 2.00 e. The maximum Gasteiger partial charge on any atom is 2.00 e. The van der Waals surface area contributed by atoms with E-state index in [0.29, 0.717) is 29.3 Å². The quantitative estimate of drug-likeness (QED) is 0.169. The van der Waals surface area contributed by atoms with E-state index in [9.17, 15) is 0 Å². The summed E-state index contributed by atoms with van der Waals surface area (Å²) >= 11 is 0. The number of fused-ring (bicyclic) bond motifs is 9. The van der Waals surface area contributed by atoms with Crippen LogP contribution in [0.25, 0.3) is 89.4 Å². The topological polar surface area (TPSA) is 54.5 Å². The smallest absolute Gasteiger partial charge is 0.354 e. The van der Waals surface area contributed by atoms with Crippen LogP contribution in [0.4, 0.5) is 0 Å². The second kappa shape index (κ2) is 14.3. The molecule has 2 aliphatic carbocycles. The van der Waals surface area contributed by atoms with Gasteiger partial charge in [0.1, 0.15) is 0 Å². The first kappa shape index (κ1) is 38.6. The summed E-state index contributed by atoms with van der Waals surface area (Å²) in [6, 6.07) is 57.1. The van der Waals surface area contributed by atoms with Crippen LogP contribution < -0.4 is 0 Å².